The molecule has 1 aliphatic rings. The van der Waals surface area contributed by atoms with Crippen molar-refractivity contribution in [3.63, 3.8) is 0 Å². The zero-order valence-electron chi connectivity index (χ0n) is 23.6. The van der Waals surface area contributed by atoms with Crippen molar-refractivity contribution in [2.75, 3.05) is 0 Å². The van der Waals surface area contributed by atoms with Crippen LogP contribution in [0.1, 0.15) is 25.0 Å². The van der Waals surface area contributed by atoms with Gasteiger partial charge in [-0.3, -0.25) is 0 Å². The van der Waals surface area contributed by atoms with E-state index in [1.165, 1.54) is 71.4 Å². The Balaban J connectivity index is 1.50. The van der Waals surface area contributed by atoms with Gasteiger partial charge in [-0.1, -0.05) is 141 Å². The topological polar surface area (TPSA) is 13.1 Å². The number of benzene rings is 7. The monoisotopic (exact) mass is 536 g/mol. The Morgan fingerprint density at radius 3 is 1.88 bits per heavy atom. The number of hydrogen-bond acceptors (Lipinski definition) is 1. The molecule has 0 unspecified atom stereocenters. The second-order valence-electron chi connectivity index (χ2n) is 12.0. The van der Waals surface area contributed by atoms with Gasteiger partial charge in [0, 0.05) is 27.3 Å². The van der Waals surface area contributed by atoms with Gasteiger partial charge in [0.05, 0.1) is 0 Å². The average Bonchev–Trinajstić information content (AvgIpc) is 3.52. The van der Waals surface area contributed by atoms with Crippen LogP contribution >= 0.6 is 0 Å². The van der Waals surface area contributed by atoms with E-state index < -0.39 is 0 Å². The van der Waals surface area contributed by atoms with Crippen molar-refractivity contribution < 1.29 is 4.42 Å². The standard InChI is InChI=1S/C41H28O/c1-41(2)34-23-9-7-16-27(34)31-21-12-22-33(39(31)41)37-30-18-6-5-17-29(30)36(28-20-11-14-25-13-3-4-15-26(25)28)38-32-19-8-10-24-35(32)42-40(37)38/h3-24H,1-2H3. The van der Waals surface area contributed by atoms with Crippen LogP contribution in [0.5, 0.6) is 0 Å². The SMILES string of the molecule is CC1(C)c2ccccc2-c2cccc(-c3c4ccccc4c(-c4cccc5ccccc45)c4c3oc3ccccc34)c21. The van der Waals surface area contributed by atoms with Crippen LogP contribution in [-0.4, -0.2) is 0 Å². The molecule has 0 atom stereocenters. The van der Waals surface area contributed by atoms with Crippen LogP contribution in [0.3, 0.4) is 0 Å². The Bertz CT molecular complexity index is 2380. The first-order valence-electron chi connectivity index (χ1n) is 14.7. The summed E-state index contributed by atoms with van der Waals surface area (Å²) in [5.74, 6) is 0. The molecule has 198 valence electrons. The van der Waals surface area contributed by atoms with Crippen LogP contribution in [0.4, 0.5) is 0 Å². The van der Waals surface area contributed by atoms with Crippen LogP contribution in [0.2, 0.25) is 0 Å². The molecule has 0 aliphatic heterocycles. The van der Waals surface area contributed by atoms with Crippen LogP contribution in [-0.2, 0) is 5.41 Å². The molecule has 0 bridgehead atoms. The van der Waals surface area contributed by atoms with Gasteiger partial charge in [0.15, 0.2) is 0 Å². The van der Waals surface area contributed by atoms with Crippen molar-refractivity contribution in [2.45, 2.75) is 19.3 Å². The highest BCUT2D eigenvalue weighted by Gasteiger charge is 2.38. The van der Waals surface area contributed by atoms with Crippen molar-refractivity contribution in [3.8, 4) is 33.4 Å². The van der Waals surface area contributed by atoms with Crippen LogP contribution < -0.4 is 0 Å². The fraction of sp³-hybridized carbons (Fsp3) is 0.0732. The van der Waals surface area contributed by atoms with Gasteiger partial charge in [0.1, 0.15) is 11.2 Å². The lowest BCUT2D eigenvalue weighted by atomic mass is 9.77. The molecular weight excluding hydrogens is 508 g/mol. The minimum Gasteiger partial charge on any atom is -0.455 e. The minimum absolute atomic E-state index is 0.143. The van der Waals surface area contributed by atoms with Crippen molar-refractivity contribution in [1.29, 1.82) is 0 Å². The molecule has 0 saturated heterocycles. The third kappa shape index (κ3) is 3.03. The first-order valence-corrected chi connectivity index (χ1v) is 14.7. The molecule has 1 aliphatic carbocycles. The van der Waals surface area contributed by atoms with E-state index in [1.807, 2.05) is 0 Å². The van der Waals surface area contributed by atoms with Gasteiger partial charge in [-0.25, -0.2) is 0 Å². The Morgan fingerprint density at radius 2 is 1.02 bits per heavy atom. The van der Waals surface area contributed by atoms with E-state index in [1.54, 1.807) is 0 Å². The Morgan fingerprint density at radius 1 is 0.452 bits per heavy atom. The Kier molecular flexibility index (Phi) is 4.73. The van der Waals surface area contributed by atoms with E-state index >= 15 is 0 Å². The first kappa shape index (κ1) is 23.6. The smallest absolute Gasteiger partial charge is 0.144 e. The maximum absolute atomic E-state index is 6.93. The molecule has 42 heavy (non-hydrogen) atoms. The average molecular weight is 537 g/mol. The molecule has 1 aromatic heterocycles. The van der Waals surface area contributed by atoms with E-state index in [-0.39, 0.29) is 5.41 Å². The van der Waals surface area contributed by atoms with Crippen molar-refractivity contribution in [1.82, 2.24) is 0 Å². The Hall–Kier alpha value is -5.14. The van der Waals surface area contributed by atoms with E-state index in [0.29, 0.717) is 0 Å². The second kappa shape index (κ2) is 8.44. The van der Waals surface area contributed by atoms with E-state index in [9.17, 15) is 0 Å². The van der Waals surface area contributed by atoms with Gasteiger partial charge < -0.3 is 4.42 Å². The second-order valence-corrected chi connectivity index (χ2v) is 12.0. The molecule has 0 N–H and O–H groups in total. The fourth-order valence-electron chi connectivity index (χ4n) is 7.69. The quantitative estimate of drug-likeness (QED) is 0.214. The molecule has 8 aromatic rings. The van der Waals surface area contributed by atoms with Gasteiger partial charge in [0.25, 0.3) is 0 Å². The van der Waals surface area contributed by atoms with Crippen molar-refractivity contribution in [2.24, 2.45) is 0 Å². The lowest BCUT2D eigenvalue weighted by molar-refractivity contribution is 0.659. The third-order valence-electron chi connectivity index (χ3n) is 9.45. The third-order valence-corrected chi connectivity index (χ3v) is 9.45. The van der Waals surface area contributed by atoms with E-state index in [0.717, 1.165) is 16.6 Å². The number of furan rings is 1. The molecule has 9 rings (SSSR count). The zero-order chi connectivity index (χ0) is 28.0. The summed E-state index contributed by atoms with van der Waals surface area (Å²) in [7, 11) is 0. The van der Waals surface area contributed by atoms with Gasteiger partial charge in [-0.15, -0.1) is 0 Å². The highest BCUT2D eigenvalue weighted by molar-refractivity contribution is 6.28. The fourth-order valence-corrected chi connectivity index (χ4v) is 7.69. The summed E-state index contributed by atoms with van der Waals surface area (Å²) < 4.78 is 6.93. The van der Waals surface area contributed by atoms with Crippen LogP contribution in [0.15, 0.2) is 138 Å². The van der Waals surface area contributed by atoms with E-state index in [4.69, 9.17) is 4.42 Å². The molecule has 0 radical (unpaired) electrons. The maximum atomic E-state index is 6.93. The molecule has 1 heterocycles. The molecule has 0 spiro atoms. The highest BCUT2D eigenvalue weighted by Crippen LogP contribution is 2.55. The summed E-state index contributed by atoms with van der Waals surface area (Å²) in [6.07, 6.45) is 0. The largest absolute Gasteiger partial charge is 0.455 e. The van der Waals surface area contributed by atoms with Crippen molar-refractivity contribution in [3.05, 3.63) is 145 Å². The number of hydrogen-bond donors (Lipinski definition) is 0. The summed E-state index contributed by atoms with van der Waals surface area (Å²) in [6, 6.07) is 48.4. The molecule has 7 aromatic carbocycles. The number of rotatable bonds is 2. The van der Waals surface area contributed by atoms with Gasteiger partial charge in [-0.2, -0.15) is 0 Å². The summed E-state index contributed by atoms with van der Waals surface area (Å²) in [4.78, 5) is 0. The van der Waals surface area contributed by atoms with Crippen LogP contribution in [0, 0.1) is 0 Å². The first-order chi connectivity index (χ1) is 20.6. The lowest BCUT2D eigenvalue weighted by Gasteiger charge is -2.25. The highest BCUT2D eigenvalue weighted by atomic mass is 16.3. The predicted octanol–water partition coefficient (Wildman–Crippen LogP) is 11.5. The van der Waals surface area contributed by atoms with Gasteiger partial charge in [-0.05, 0) is 61.0 Å². The number of fused-ring (bicyclic) bond motifs is 8. The summed E-state index contributed by atoms with van der Waals surface area (Å²) in [6.45, 7) is 4.73. The molecule has 0 amide bonds. The van der Waals surface area contributed by atoms with E-state index in [2.05, 4.69) is 147 Å². The number of para-hydroxylation sites is 1. The molecule has 0 saturated carbocycles. The molecule has 0 fully saturated rings. The molecule has 1 nitrogen and oxygen atoms in total. The van der Waals surface area contributed by atoms with Crippen LogP contribution in [0.25, 0.3) is 76.9 Å². The Labute approximate surface area is 244 Å². The normalized spacial score (nSPS) is 13.7. The summed E-state index contributed by atoms with van der Waals surface area (Å²) >= 11 is 0. The van der Waals surface area contributed by atoms with Gasteiger partial charge >= 0.3 is 0 Å². The maximum Gasteiger partial charge on any atom is 0.144 e. The minimum atomic E-state index is -0.143. The summed E-state index contributed by atoms with van der Waals surface area (Å²) in [5, 5.41) is 7.28. The lowest BCUT2D eigenvalue weighted by Crippen LogP contribution is -2.16. The van der Waals surface area contributed by atoms with Crippen molar-refractivity contribution >= 4 is 43.5 Å². The predicted molar refractivity (Wildman–Crippen MR) is 177 cm³/mol. The van der Waals surface area contributed by atoms with Gasteiger partial charge in [0.2, 0.25) is 0 Å². The molecular formula is C41H28O. The zero-order valence-corrected chi connectivity index (χ0v) is 23.6. The molecule has 1 heteroatoms. The summed E-state index contributed by atoms with van der Waals surface area (Å²) in [5.41, 5.74) is 12.0.